The van der Waals surface area contributed by atoms with E-state index in [9.17, 15) is 14.9 Å². The molecule has 0 aliphatic rings. The third kappa shape index (κ3) is 3.17. The third-order valence-electron chi connectivity index (χ3n) is 2.86. The zero-order valence-corrected chi connectivity index (χ0v) is 10.9. The number of carbonyl (C=O) groups is 1. The number of nitro groups is 1. The number of nitrogens with one attached hydrogen (secondary N) is 1. The summed E-state index contributed by atoms with van der Waals surface area (Å²) in [7, 11) is 0. The lowest BCUT2D eigenvalue weighted by Crippen LogP contribution is -2.22. The highest BCUT2D eigenvalue weighted by Crippen LogP contribution is 2.18. The number of rotatable bonds is 4. The van der Waals surface area contributed by atoms with Gasteiger partial charge < -0.3 is 5.32 Å². The number of aryl methyl sites for hydroxylation is 1. The summed E-state index contributed by atoms with van der Waals surface area (Å²) in [6.07, 6.45) is 3.30. The molecule has 0 atom stereocenters. The summed E-state index contributed by atoms with van der Waals surface area (Å²) in [5.74, 6) is -0.264. The van der Waals surface area contributed by atoms with Gasteiger partial charge in [0.25, 0.3) is 11.6 Å². The summed E-state index contributed by atoms with van der Waals surface area (Å²) >= 11 is 0. The fourth-order valence-corrected chi connectivity index (χ4v) is 1.79. The lowest BCUT2D eigenvalue weighted by Gasteiger charge is -2.06. The van der Waals surface area contributed by atoms with Gasteiger partial charge in [-0.3, -0.25) is 19.9 Å². The SMILES string of the molecule is Cc1cc(C(=O)NCc2ccncc2)ccc1[N+](=O)[O-]. The Bertz CT molecular complexity index is 641. The van der Waals surface area contributed by atoms with E-state index < -0.39 is 4.92 Å². The molecule has 20 heavy (non-hydrogen) atoms. The van der Waals surface area contributed by atoms with Crippen LogP contribution < -0.4 is 5.32 Å². The summed E-state index contributed by atoms with van der Waals surface area (Å²) in [4.78, 5) is 26.1. The van der Waals surface area contributed by atoms with Crippen molar-refractivity contribution in [3.8, 4) is 0 Å². The van der Waals surface area contributed by atoms with Gasteiger partial charge in [0.1, 0.15) is 0 Å². The van der Waals surface area contributed by atoms with E-state index in [-0.39, 0.29) is 11.6 Å². The van der Waals surface area contributed by atoms with E-state index in [1.165, 1.54) is 18.2 Å². The molecule has 0 aliphatic carbocycles. The van der Waals surface area contributed by atoms with E-state index in [1.54, 1.807) is 31.5 Å². The summed E-state index contributed by atoms with van der Waals surface area (Å²) < 4.78 is 0. The quantitative estimate of drug-likeness (QED) is 0.682. The van der Waals surface area contributed by atoms with E-state index in [0.717, 1.165) is 5.56 Å². The molecule has 0 aliphatic heterocycles. The number of benzene rings is 1. The van der Waals surface area contributed by atoms with E-state index in [1.807, 2.05) is 0 Å². The van der Waals surface area contributed by atoms with Crippen LogP contribution in [0.25, 0.3) is 0 Å². The Kier molecular flexibility index (Phi) is 4.05. The summed E-state index contributed by atoms with van der Waals surface area (Å²) in [6, 6.07) is 7.92. The molecule has 1 N–H and O–H groups in total. The van der Waals surface area contributed by atoms with E-state index in [0.29, 0.717) is 17.7 Å². The van der Waals surface area contributed by atoms with Crippen LogP contribution >= 0.6 is 0 Å². The van der Waals surface area contributed by atoms with Crippen LogP contribution in [0.2, 0.25) is 0 Å². The number of nitro benzene ring substituents is 1. The lowest BCUT2D eigenvalue weighted by atomic mass is 10.1. The van der Waals surface area contributed by atoms with Crippen LogP contribution in [0, 0.1) is 17.0 Å². The average Bonchev–Trinajstić information content (AvgIpc) is 2.45. The first kappa shape index (κ1) is 13.7. The maximum absolute atomic E-state index is 12.0. The number of pyridine rings is 1. The molecule has 0 unspecified atom stereocenters. The number of nitrogens with zero attached hydrogens (tertiary/aromatic N) is 2. The smallest absolute Gasteiger partial charge is 0.272 e. The average molecular weight is 271 g/mol. The Morgan fingerprint density at radius 1 is 1.30 bits per heavy atom. The molecule has 0 spiro atoms. The molecule has 0 saturated heterocycles. The third-order valence-corrected chi connectivity index (χ3v) is 2.86. The van der Waals surface area contributed by atoms with E-state index >= 15 is 0 Å². The van der Waals surface area contributed by atoms with Crippen molar-refractivity contribution in [2.24, 2.45) is 0 Å². The second-order valence-electron chi connectivity index (χ2n) is 4.30. The zero-order chi connectivity index (χ0) is 14.5. The van der Waals surface area contributed by atoms with Gasteiger partial charge in [-0.15, -0.1) is 0 Å². The Morgan fingerprint density at radius 3 is 2.60 bits per heavy atom. The van der Waals surface area contributed by atoms with E-state index in [4.69, 9.17) is 0 Å². The van der Waals surface area contributed by atoms with Crippen LogP contribution in [-0.2, 0) is 6.54 Å². The van der Waals surface area contributed by atoms with Gasteiger partial charge in [-0.05, 0) is 36.8 Å². The second kappa shape index (κ2) is 5.92. The van der Waals surface area contributed by atoms with Gasteiger partial charge in [-0.2, -0.15) is 0 Å². The first-order chi connectivity index (χ1) is 9.58. The summed E-state index contributed by atoms with van der Waals surface area (Å²) in [5, 5.41) is 13.5. The Morgan fingerprint density at radius 2 is 2.00 bits per heavy atom. The standard InChI is InChI=1S/C14H13N3O3/c1-10-8-12(2-3-13(10)17(19)20)14(18)16-9-11-4-6-15-7-5-11/h2-8H,9H2,1H3,(H,16,18). The fourth-order valence-electron chi connectivity index (χ4n) is 1.79. The Labute approximate surface area is 115 Å². The highest BCUT2D eigenvalue weighted by atomic mass is 16.6. The molecule has 1 aromatic heterocycles. The number of amides is 1. The molecule has 0 bridgehead atoms. The summed E-state index contributed by atoms with van der Waals surface area (Å²) in [6.45, 7) is 2.00. The molecule has 1 aromatic carbocycles. The number of hydrogen-bond acceptors (Lipinski definition) is 4. The van der Waals surface area contributed by atoms with Crippen molar-refractivity contribution in [1.29, 1.82) is 0 Å². The predicted molar refractivity (Wildman–Crippen MR) is 73.2 cm³/mol. The van der Waals surface area contributed by atoms with Crippen LogP contribution in [-0.4, -0.2) is 15.8 Å². The lowest BCUT2D eigenvalue weighted by molar-refractivity contribution is -0.385. The second-order valence-corrected chi connectivity index (χ2v) is 4.30. The Balaban J connectivity index is 2.06. The van der Waals surface area contributed by atoms with Crippen LogP contribution in [0.3, 0.4) is 0 Å². The van der Waals surface area contributed by atoms with Crippen molar-refractivity contribution in [1.82, 2.24) is 10.3 Å². The van der Waals surface area contributed by atoms with Crippen LogP contribution in [0.15, 0.2) is 42.7 Å². The van der Waals surface area contributed by atoms with Crippen molar-refractivity contribution in [3.63, 3.8) is 0 Å². The minimum Gasteiger partial charge on any atom is -0.348 e. The summed E-state index contributed by atoms with van der Waals surface area (Å²) in [5.41, 5.74) is 1.82. The van der Waals surface area contributed by atoms with Gasteiger partial charge in [0.2, 0.25) is 0 Å². The van der Waals surface area contributed by atoms with Gasteiger partial charge in [-0.1, -0.05) is 0 Å². The first-order valence-corrected chi connectivity index (χ1v) is 6.00. The molecule has 6 heteroatoms. The number of carbonyl (C=O) groups excluding carboxylic acids is 1. The van der Waals surface area contributed by atoms with Gasteiger partial charge in [-0.25, -0.2) is 0 Å². The minimum absolute atomic E-state index is 0.00989. The van der Waals surface area contributed by atoms with Crippen molar-refractivity contribution in [2.75, 3.05) is 0 Å². The molecule has 2 rings (SSSR count). The van der Waals surface area contributed by atoms with Gasteiger partial charge in [0, 0.05) is 36.1 Å². The number of hydrogen-bond donors (Lipinski definition) is 1. The van der Waals surface area contributed by atoms with E-state index in [2.05, 4.69) is 10.3 Å². The molecule has 6 nitrogen and oxygen atoms in total. The van der Waals surface area contributed by atoms with Gasteiger partial charge in [0.15, 0.2) is 0 Å². The number of aromatic nitrogens is 1. The molecular weight excluding hydrogens is 258 g/mol. The van der Waals surface area contributed by atoms with Crippen molar-refractivity contribution in [3.05, 3.63) is 69.5 Å². The van der Waals surface area contributed by atoms with Crippen molar-refractivity contribution < 1.29 is 9.72 Å². The minimum atomic E-state index is -0.464. The molecule has 1 amide bonds. The van der Waals surface area contributed by atoms with Crippen molar-refractivity contribution in [2.45, 2.75) is 13.5 Å². The Hall–Kier alpha value is -2.76. The molecule has 1 heterocycles. The topological polar surface area (TPSA) is 85.1 Å². The van der Waals surface area contributed by atoms with Gasteiger partial charge >= 0.3 is 0 Å². The maximum Gasteiger partial charge on any atom is 0.272 e. The maximum atomic E-state index is 12.0. The van der Waals surface area contributed by atoms with Crippen LogP contribution in [0.1, 0.15) is 21.5 Å². The normalized spacial score (nSPS) is 10.1. The molecule has 102 valence electrons. The molecular formula is C14H13N3O3. The highest BCUT2D eigenvalue weighted by molar-refractivity contribution is 5.94. The largest absolute Gasteiger partial charge is 0.348 e. The highest BCUT2D eigenvalue weighted by Gasteiger charge is 2.13. The molecule has 0 saturated carbocycles. The monoisotopic (exact) mass is 271 g/mol. The van der Waals surface area contributed by atoms with Gasteiger partial charge in [0.05, 0.1) is 4.92 Å². The molecule has 0 radical (unpaired) electrons. The van der Waals surface area contributed by atoms with Crippen molar-refractivity contribution >= 4 is 11.6 Å². The molecule has 0 fully saturated rings. The van der Waals surface area contributed by atoms with Crippen LogP contribution in [0.5, 0.6) is 0 Å². The fraction of sp³-hybridized carbons (Fsp3) is 0.143. The zero-order valence-electron chi connectivity index (χ0n) is 10.9. The van der Waals surface area contributed by atoms with Crippen LogP contribution in [0.4, 0.5) is 5.69 Å². The predicted octanol–water partition coefficient (Wildman–Crippen LogP) is 2.23. The molecule has 2 aromatic rings. The first-order valence-electron chi connectivity index (χ1n) is 6.00.